The van der Waals surface area contributed by atoms with Gasteiger partial charge in [-0.05, 0) is 41.6 Å². The van der Waals surface area contributed by atoms with Crippen molar-refractivity contribution < 1.29 is 9.90 Å². The number of rotatable bonds is 3. The van der Waals surface area contributed by atoms with Gasteiger partial charge in [-0.15, -0.1) is 0 Å². The SMILES string of the molecule is O=C1N=C(N2CCN(Cc3ccccc3)CC2)S/C1=C\c1cc(Br)ccc1O. The number of aliphatic imine (C=N–C) groups is 1. The molecule has 2 heterocycles. The summed E-state index contributed by atoms with van der Waals surface area (Å²) in [5.74, 6) is -0.0989. The molecule has 1 amide bonds. The molecular formula is C21H20BrN3O2S. The Kier molecular flexibility index (Phi) is 5.85. The number of amidine groups is 1. The first-order valence-corrected chi connectivity index (χ1v) is 10.7. The van der Waals surface area contributed by atoms with E-state index in [4.69, 9.17) is 0 Å². The van der Waals surface area contributed by atoms with Gasteiger partial charge in [0.25, 0.3) is 5.91 Å². The number of carbonyl (C=O) groups excluding carboxylic acids is 1. The molecule has 1 N–H and O–H groups in total. The standard InChI is InChI=1S/C21H20BrN3O2S/c22-17-6-7-18(26)16(12-17)13-19-20(27)23-21(28-19)25-10-8-24(9-11-25)14-15-4-2-1-3-5-15/h1-7,12-13,26H,8-11,14H2/b19-13-. The number of amides is 1. The molecule has 4 rings (SSSR count). The number of aromatic hydroxyl groups is 1. The van der Waals surface area contributed by atoms with Crippen molar-refractivity contribution in [3.05, 3.63) is 69.0 Å². The van der Waals surface area contributed by atoms with E-state index in [0.29, 0.717) is 10.5 Å². The van der Waals surface area contributed by atoms with Gasteiger partial charge in [-0.25, -0.2) is 0 Å². The van der Waals surface area contributed by atoms with Crippen molar-refractivity contribution in [2.45, 2.75) is 6.54 Å². The molecule has 2 aliphatic heterocycles. The second-order valence-corrected chi connectivity index (χ2v) is 8.69. The number of phenolic OH excluding ortho intramolecular Hbond substituents is 1. The highest BCUT2D eigenvalue weighted by Crippen LogP contribution is 2.33. The molecule has 2 aromatic rings. The lowest BCUT2D eigenvalue weighted by Crippen LogP contribution is -2.47. The number of piperazine rings is 1. The van der Waals surface area contributed by atoms with Gasteiger partial charge in [-0.1, -0.05) is 46.3 Å². The van der Waals surface area contributed by atoms with Gasteiger partial charge >= 0.3 is 0 Å². The number of benzene rings is 2. The van der Waals surface area contributed by atoms with Crippen molar-refractivity contribution in [2.24, 2.45) is 4.99 Å². The lowest BCUT2D eigenvalue weighted by Gasteiger charge is -2.35. The van der Waals surface area contributed by atoms with Crippen LogP contribution >= 0.6 is 27.7 Å². The maximum Gasteiger partial charge on any atom is 0.286 e. The van der Waals surface area contributed by atoms with Crippen LogP contribution in [0.2, 0.25) is 0 Å². The minimum Gasteiger partial charge on any atom is -0.507 e. The fourth-order valence-electron chi connectivity index (χ4n) is 3.25. The smallest absolute Gasteiger partial charge is 0.286 e. The highest BCUT2D eigenvalue weighted by Gasteiger charge is 2.28. The van der Waals surface area contributed by atoms with Crippen LogP contribution in [0, 0.1) is 0 Å². The molecule has 2 aliphatic rings. The Bertz CT molecular complexity index is 938. The zero-order valence-corrected chi connectivity index (χ0v) is 17.6. The van der Waals surface area contributed by atoms with E-state index in [9.17, 15) is 9.90 Å². The van der Waals surface area contributed by atoms with Crippen LogP contribution in [0.4, 0.5) is 0 Å². The van der Waals surface area contributed by atoms with Gasteiger partial charge in [-0.3, -0.25) is 9.69 Å². The highest BCUT2D eigenvalue weighted by molar-refractivity contribution is 9.10. The molecule has 1 saturated heterocycles. The summed E-state index contributed by atoms with van der Waals surface area (Å²) in [4.78, 5) is 21.7. The van der Waals surface area contributed by atoms with Crippen LogP contribution in [0.1, 0.15) is 11.1 Å². The summed E-state index contributed by atoms with van der Waals surface area (Å²) in [6, 6.07) is 15.6. The molecule has 144 valence electrons. The Balaban J connectivity index is 1.37. The van der Waals surface area contributed by atoms with Crippen LogP contribution in [0.25, 0.3) is 6.08 Å². The predicted molar refractivity (Wildman–Crippen MR) is 117 cm³/mol. The second kappa shape index (κ2) is 8.51. The van der Waals surface area contributed by atoms with Gasteiger partial charge in [0.1, 0.15) is 5.75 Å². The lowest BCUT2D eigenvalue weighted by molar-refractivity contribution is -0.113. The van der Waals surface area contributed by atoms with Crippen LogP contribution in [-0.2, 0) is 11.3 Å². The van der Waals surface area contributed by atoms with E-state index in [1.807, 2.05) is 6.07 Å². The topological polar surface area (TPSA) is 56.1 Å². The third-order valence-corrected chi connectivity index (χ3v) is 6.31. The molecular weight excluding hydrogens is 438 g/mol. The second-order valence-electron chi connectivity index (χ2n) is 6.76. The van der Waals surface area contributed by atoms with E-state index >= 15 is 0 Å². The fourth-order valence-corrected chi connectivity index (χ4v) is 4.59. The Morgan fingerprint density at radius 3 is 2.61 bits per heavy atom. The zero-order valence-electron chi connectivity index (χ0n) is 15.2. The molecule has 0 unspecified atom stereocenters. The first kappa shape index (κ1) is 19.2. The van der Waals surface area contributed by atoms with Crippen molar-refractivity contribution >= 4 is 44.8 Å². The van der Waals surface area contributed by atoms with Crippen molar-refractivity contribution in [3.8, 4) is 5.75 Å². The normalized spacial score (nSPS) is 19.3. The van der Waals surface area contributed by atoms with Gasteiger partial charge in [0.2, 0.25) is 0 Å². The van der Waals surface area contributed by atoms with Gasteiger partial charge < -0.3 is 10.0 Å². The molecule has 0 spiro atoms. The summed E-state index contributed by atoms with van der Waals surface area (Å²) < 4.78 is 0.850. The highest BCUT2D eigenvalue weighted by atomic mass is 79.9. The largest absolute Gasteiger partial charge is 0.507 e. The monoisotopic (exact) mass is 457 g/mol. The third-order valence-electron chi connectivity index (χ3n) is 4.78. The quantitative estimate of drug-likeness (QED) is 0.707. The Morgan fingerprint density at radius 2 is 1.86 bits per heavy atom. The average Bonchev–Trinajstić information content (AvgIpc) is 3.06. The summed E-state index contributed by atoms with van der Waals surface area (Å²) in [5, 5.41) is 10.8. The Morgan fingerprint density at radius 1 is 1.11 bits per heavy atom. The van der Waals surface area contributed by atoms with E-state index in [2.05, 4.69) is 55.0 Å². The van der Waals surface area contributed by atoms with E-state index in [-0.39, 0.29) is 11.7 Å². The van der Waals surface area contributed by atoms with Crippen molar-refractivity contribution in [1.82, 2.24) is 9.80 Å². The van der Waals surface area contributed by atoms with Crippen LogP contribution in [0.3, 0.4) is 0 Å². The number of hydrogen-bond donors (Lipinski definition) is 1. The van der Waals surface area contributed by atoms with Crippen LogP contribution in [0.5, 0.6) is 5.75 Å². The maximum atomic E-state index is 12.3. The first-order chi connectivity index (χ1) is 13.6. The molecule has 1 fully saturated rings. The van der Waals surface area contributed by atoms with Crippen molar-refractivity contribution in [1.29, 1.82) is 0 Å². The van der Waals surface area contributed by atoms with E-state index in [1.165, 1.54) is 17.3 Å². The average molecular weight is 458 g/mol. The maximum absolute atomic E-state index is 12.3. The molecule has 0 saturated carbocycles. The van der Waals surface area contributed by atoms with Crippen molar-refractivity contribution in [3.63, 3.8) is 0 Å². The van der Waals surface area contributed by atoms with Crippen LogP contribution in [-0.4, -0.2) is 52.2 Å². The molecule has 2 aromatic carbocycles. The number of nitrogens with zero attached hydrogens (tertiary/aromatic N) is 3. The molecule has 28 heavy (non-hydrogen) atoms. The number of hydrogen-bond acceptors (Lipinski definition) is 5. The van der Waals surface area contributed by atoms with Gasteiger partial charge in [0.05, 0.1) is 4.91 Å². The van der Waals surface area contributed by atoms with Gasteiger partial charge in [0.15, 0.2) is 5.17 Å². The predicted octanol–water partition coefficient (Wildman–Crippen LogP) is 3.94. The third kappa shape index (κ3) is 4.48. The number of carbonyl (C=O) groups is 1. The molecule has 0 radical (unpaired) electrons. The van der Waals surface area contributed by atoms with Gasteiger partial charge in [-0.2, -0.15) is 4.99 Å². The van der Waals surface area contributed by atoms with E-state index in [1.54, 1.807) is 24.3 Å². The zero-order chi connectivity index (χ0) is 19.5. The van der Waals surface area contributed by atoms with E-state index in [0.717, 1.165) is 42.4 Å². The molecule has 0 aromatic heterocycles. The summed E-state index contributed by atoms with van der Waals surface area (Å²) in [5.41, 5.74) is 1.92. The molecule has 7 heteroatoms. The Hall–Kier alpha value is -2.09. The number of thioether (sulfide) groups is 1. The molecule has 0 bridgehead atoms. The van der Waals surface area contributed by atoms with Crippen LogP contribution in [0.15, 0.2) is 62.9 Å². The summed E-state index contributed by atoms with van der Waals surface area (Å²) in [6.45, 7) is 4.52. The summed E-state index contributed by atoms with van der Waals surface area (Å²) in [6.07, 6.45) is 1.70. The number of halogens is 1. The minimum absolute atomic E-state index is 0.145. The molecule has 0 atom stereocenters. The van der Waals surface area contributed by atoms with Crippen molar-refractivity contribution in [2.75, 3.05) is 26.2 Å². The lowest BCUT2D eigenvalue weighted by atomic mass is 10.2. The van der Waals surface area contributed by atoms with Crippen LogP contribution < -0.4 is 0 Å². The summed E-state index contributed by atoms with van der Waals surface area (Å²) in [7, 11) is 0. The number of phenols is 1. The minimum atomic E-state index is -0.244. The fraction of sp³-hybridized carbons (Fsp3) is 0.238. The molecule has 5 nitrogen and oxygen atoms in total. The molecule has 0 aliphatic carbocycles. The van der Waals surface area contributed by atoms with E-state index < -0.39 is 0 Å². The Labute approximate surface area is 176 Å². The first-order valence-electron chi connectivity index (χ1n) is 9.11. The van der Waals surface area contributed by atoms with Gasteiger partial charge in [0, 0.05) is 42.8 Å². The summed E-state index contributed by atoms with van der Waals surface area (Å²) >= 11 is 4.77.